The number of nitrogens with one attached hydrogen (secondary N) is 1. The fourth-order valence-electron chi connectivity index (χ4n) is 3.94. The molecule has 0 aromatic carbocycles. The zero-order valence-electron chi connectivity index (χ0n) is 20.2. The van der Waals surface area contributed by atoms with E-state index in [4.69, 9.17) is 19.2 Å². The third-order valence-electron chi connectivity index (χ3n) is 5.74. The Kier molecular flexibility index (Phi) is 6.42. The van der Waals surface area contributed by atoms with Crippen LogP contribution in [0.5, 0.6) is 0 Å². The fraction of sp³-hybridized carbons (Fsp3) is 0.440. The van der Waals surface area contributed by atoms with E-state index in [1.807, 2.05) is 39.0 Å². The fourth-order valence-corrected chi connectivity index (χ4v) is 3.94. The van der Waals surface area contributed by atoms with Crippen LogP contribution in [0.25, 0.3) is 22.2 Å². The number of carbonyl (C=O) groups is 2. The Labute approximate surface area is 198 Å². The quantitative estimate of drug-likeness (QED) is 0.591. The van der Waals surface area contributed by atoms with Crippen LogP contribution < -0.4 is 5.32 Å². The first-order chi connectivity index (χ1) is 16.2. The average molecular weight is 467 g/mol. The van der Waals surface area contributed by atoms with Crippen molar-refractivity contribution in [1.82, 2.24) is 14.5 Å². The number of anilines is 1. The van der Waals surface area contributed by atoms with Crippen LogP contribution in [0.1, 0.15) is 46.2 Å². The molecule has 1 amide bonds. The number of ether oxygens (including phenoxy) is 3. The number of hydrogen-bond acceptors (Lipinski definition) is 7. The van der Waals surface area contributed by atoms with Crippen molar-refractivity contribution in [3.05, 3.63) is 42.4 Å². The molecule has 4 heterocycles. The van der Waals surface area contributed by atoms with Gasteiger partial charge in [0.15, 0.2) is 0 Å². The molecule has 0 radical (unpaired) electrons. The SMILES string of the molecule is CCC(=O)Nc1cc2c(-c3cccc([C@]4(OC)CCOC4)n3)cn(C(=O)OC(C)(C)C)c2cn1. The summed E-state index contributed by atoms with van der Waals surface area (Å²) in [4.78, 5) is 34.1. The van der Waals surface area contributed by atoms with E-state index in [0.717, 1.165) is 5.69 Å². The van der Waals surface area contributed by atoms with Gasteiger partial charge in [0.1, 0.15) is 17.0 Å². The normalized spacial score (nSPS) is 18.3. The summed E-state index contributed by atoms with van der Waals surface area (Å²) in [7, 11) is 1.66. The molecule has 1 aliphatic rings. The predicted octanol–water partition coefficient (Wildman–Crippen LogP) is 4.49. The minimum absolute atomic E-state index is 0.150. The first-order valence-corrected chi connectivity index (χ1v) is 11.3. The lowest BCUT2D eigenvalue weighted by atomic mass is 9.97. The van der Waals surface area contributed by atoms with Gasteiger partial charge in [0.2, 0.25) is 5.91 Å². The number of rotatable bonds is 5. The minimum Gasteiger partial charge on any atom is -0.443 e. The maximum atomic E-state index is 13.0. The van der Waals surface area contributed by atoms with E-state index in [9.17, 15) is 9.59 Å². The third-order valence-corrected chi connectivity index (χ3v) is 5.74. The summed E-state index contributed by atoms with van der Waals surface area (Å²) >= 11 is 0. The number of fused-ring (bicyclic) bond motifs is 1. The summed E-state index contributed by atoms with van der Waals surface area (Å²) in [6.45, 7) is 8.24. The molecule has 0 saturated carbocycles. The smallest absolute Gasteiger partial charge is 0.419 e. The van der Waals surface area contributed by atoms with Crippen molar-refractivity contribution in [2.45, 2.75) is 51.7 Å². The molecule has 3 aromatic heterocycles. The van der Waals surface area contributed by atoms with Crippen molar-refractivity contribution in [2.24, 2.45) is 0 Å². The van der Waals surface area contributed by atoms with Crippen molar-refractivity contribution in [3.8, 4) is 11.3 Å². The van der Waals surface area contributed by atoms with Gasteiger partial charge >= 0.3 is 6.09 Å². The highest BCUT2D eigenvalue weighted by molar-refractivity contribution is 6.02. The predicted molar refractivity (Wildman–Crippen MR) is 128 cm³/mol. The molecular formula is C25H30N4O5. The first kappa shape index (κ1) is 23.8. The van der Waals surface area contributed by atoms with Crippen LogP contribution in [0.2, 0.25) is 0 Å². The van der Waals surface area contributed by atoms with Gasteiger partial charge in [-0.25, -0.2) is 14.8 Å². The Hall–Kier alpha value is -3.30. The molecule has 1 atom stereocenters. The van der Waals surface area contributed by atoms with Gasteiger partial charge < -0.3 is 19.5 Å². The van der Waals surface area contributed by atoms with Crippen LogP contribution in [0.3, 0.4) is 0 Å². The van der Waals surface area contributed by atoms with E-state index in [0.29, 0.717) is 54.0 Å². The van der Waals surface area contributed by atoms with Gasteiger partial charge in [0.25, 0.3) is 0 Å². The summed E-state index contributed by atoms with van der Waals surface area (Å²) in [5.74, 6) is 0.250. The molecule has 1 saturated heterocycles. The maximum Gasteiger partial charge on any atom is 0.419 e. The van der Waals surface area contributed by atoms with E-state index in [-0.39, 0.29) is 5.91 Å². The van der Waals surface area contributed by atoms with Crippen LogP contribution >= 0.6 is 0 Å². The van der Waals surface area contributed by atoms with Gasteiger partial charge in [-0.3, -0.25) is 9.36 Å². The van der Waals surface area contributed by atoms with Crippen LogP contribution in [0, 0.1) is 0 Å². The number of amides is 1. The summed E-state index contributed by atoms with van der Waals surface area (Å²) in [6, 6.07) is 7.46. The second-order valence-corrected chi connectivity index (χ2v) is 9.29. The van der Waals surface area contributed by atoms with Crippen molar-refractivity contribution >= 4 is 28.7 Å². The van der Waals surface area contributed by atoms with Crippen molar-refractivity contribution in [3.63, 3.8) is 0 Å². The summed E-state index contributed by atoms with van der Waals surface area (Å²) < 4.78 is 18.4. The Morgan fingerprint density at radius 2 is 2.09 bits per heavy atom. The Bertz CT molecular complexity index is 1220. The molecule has 0 spiro atoms. The monoisotopic (exact) mass is 466 g/mol. The molecule has 1 aliphatic heterocycles. The highest BCUT2D eigenvalue weighted by Crippen LogP contribution is 2.36. The van der Waals surface area contributed by atoms with Crippen LogP contribution in [-0.4, -0.2) is 52.5 Å². The van der Waals surface area contributed by atoms with Crippen LogP contribution in [0.4, 0.5) is 10.6 Å². The molecule has 0 bridgehead atoms. The molecular weight excluding hydrogens is 436 g/mol. The van der Waals surface area contributed by atoms with E-state index < -0.39 is 17.3 Å². The summed E-state index contributed by atoms with van der Waals surface area (Å²) in [5.41, 5.74) is 1.41. The number of carbonyl (C=O) groups excluding carboxylic acids is 2. The lowest BCUT2D eigenvalue weighted by molar-refractivity contribution is -0.115. The molecule has 180 valence electrons. The van der Waals surface area contributed by atoms with Gasteiger partial charge in [0.05, 0.1) is 29.7 Å². The molecule has 3 aromatic rings. The molecule has 0 unspecified atom stereocenters. The molecule has 9 nitrogen and oxygen atoms in total. The number of nitrogens with zero attached hydrogens (tertiary/aromatic N) is 3. The van der Waals surface area contributed by atoms with Gasteiger partial charge in [-0.15, -0.1) is 0 Å². The van der Waals surface area contributed by atoms with Gasteiger partial charge in [0, 0.05) is 43.7 Å². The second kappa shape index (κ2) is 9.15. The summed E-state index contributed by atoms with van der Waals surface area (Å²) in [6.07, 6.45) is 3.76. The maximum absolute atomic E-state index is 13.0. The Morgan fingerprint density at radius 1 is 1.29 bits per heavy atom. The molecule has 1 fully saturated rings. The number of methoxy groups -OCH3 is 1. The zero-order chi connectivity index (χ0) is 24.5. The standard InChI is InChI=1S/C25H30N4O5/c1-6-22(30)28-21-12-16-17(14-29(19(16)13-26-21)23(31)34-24(2,3)4)18-8-7-9-20(27-18)25(32-5)10-11-33-15-25/h7-9,12-14H,6,10-11,15H2,1-5H3,(H,26,28,30)/t25-/m0/s1. The zero-order valence-corrected chi connectivity index (χ0v) is 20.2. The second-order valence-electron chi connectivity index (χ2n) is 9.29. The van der Waals surface area contributed by atoms with Crippen molar-refractivity contribution in [1.29, 1.82) is 0 Å². The van der Waals surface area contributed by atoms with E-state index in [1.54, 1.807) is 32.5 Å². The molecule has 9 heteroatoms. The number of pyridine rings is 2. The topological polar surface area (TPSA) is 105 Å². The largest absolute Gasteiger partial charge is 0.443 e. The molecule has 4 rings (SSSR count). The lowest BCUT2D eigenvalue weighted by Crippen LogP contribution is -2.30. The van der Waals surface area contributed by atoms with Crippen molar-refractivity contribution in [2.75, 3.05) is 25.6 Å². The first-order valence-electron chi connectivity index (χ1n) is 11.3. The van der Waals surface area contributed by atoms with Gasteiger partial charge in [-0.1, -0.05) is 13.0 Å². The third kappa shape index (κ3) is 4.67. The van der Waals surface area contributed by atoms with E-state index in [2.05, 4.69) is 10.3 Å². The molecule has 0 aliphatic carbocycles. The number of aromatic nitrogens is 3. The lowest BCUT2D eigenvalue weighted by Gasteiger charge is -2.25. The minimum atomic E-state index is -0.665. The highest BCUT2D eigenvalue weighted by atomic mass is 16.6. The van der Waals surface area contributed by atoms with Gasteiger partial charge in [-0.2, -0.15) is 0 Å². The van der Waals surface area contributed by atoms with E-state index >= 15 is 0 Å². The van der Waals surface area contributed by atoms with Crippen molar-refractivity contribution < 1.29 is 23.8 Å². The molecule has 1 N–H and O–H groups in total. The van der Waals surface area contributed by atoms with Crippen LogP contribution in [0.15, 0.2) is 36.7 Å². The average Bonchev–Trinajstić information content (AvgIpc) is 3.43. The van der Waals surface area contributed by atoms with E-state index in [1.165, 1.54) is 4.57 Å². The molecule has 34 heavy (non-hydrogen) atoms. The summed E-state index contributed by atoms with van der Waals surface area (Å²) in [5, 5.41) is 3.49. The Morgan fingerprint density at radius 3 is 2.74 bits per heavy atom. The highest BCUT2D eigenvalue weighted by Gasteiger charge is 2.38. The van der Waals surface area contributed by atoms with Crippen LogP contribution in [-0.2, 0) is 24.6 Å². The Balaban J connectivity index is 1.85. The number of hydrogen-bond donors (Lipinski definition) is 1. The van der Waals surface area contributed by atoms with Gasteiger partial charge in [-0.05, 0) is 39.0 Å².